The van der Waals surface area contributed by atoms with E-state index in [1.165, 1.54) is 0 Å². The number of amides is 2. The van der Waals surface area contributed by atoms with E-state index in [9.17, 15) is 9.59 Å². The fraction of sp³-hybridized carbons (Fsp3) is 0.238. The fourth-order valence-corrected chi connectivity index (χ4v) is 3.47. The molecule has 0 spiro atoms. The first-order valence-electron chi connectivity index (χ1n) is 8.74. The normalized spacial score (nSPS) is 17.3. The van der Waals surface area contributed by atoms with E-state index in [2.05, 4.69) is 5.32 Å². The van der Waals surface area contributed by atoms with Gasteiger partial charge < -0.3 is 14.6 Å². The Morgan fingerprint density at radius 2 is 2.00 bits per heavy atom. The van der Waals surface area contributed by atoms with Crippen LogP contribution in [-0.2, 0) is 11.2 Å². The molecule has 26 heavy (non-hydrogen) atoms. The number of piperazine rings is 1. The summed E-state index contributed by atoms with van der Waals surface area (Å²) in [6.07, 6.45) is 0.505. The van der Waals surface area contributed by atoms with Crippen LogP contribution in [0.2, 0.25) is 0 Å². The molecular weight excluding hydrogens is 328 g/mol. The molecule has 1 aromatic heterocycles. The zero-order valence-corrected chi connectivity index (χ0v) is 14.6. The van der Waals surface area contributed by atoms with E-state index in [0.717, 1.165) is 22.3 Å². The third kappa shape index (κ3) is 3.08. The van der Waals surface area contributed by atoms with Crippen molar-refractivity contribution < 1.29 is 14.0 Å². The molecule has 1 unspecified atom stereocenters. The van der Waals surface area contributed by atoms with Crippen molar-refractivity contribution in [3.63, 3.8) is 0 Å². The van der Waals surface area contributed by atoms with Crippen LogP contribution in [0.3, 0.4) is 0 Å². The van der Waals surface area contributed by atoms with Gasteiger partial charge in [-0.2, -0.15) is 0 Å². The third-order valence-corrected chi connectivity index (χ3v) is 4.75. The summed E-state index contributed by atoms with van der Waals surface area (Å²) in [4.78, 5) is 27.2. The van der Waals surface area contributed by atoms with Crippen molar-refractivity contribution in [3.8, 4) is 0 Å². The number of aryl methyl sites for hydroxylation is 1. The van der Waals surface area contributed by atoms with Crippen LogP contribution < -0.4 is 5.32 Å². The Hall–Kier alpha value is -3.08. The number of carbonyl (C=O) groups excluding carboxylic acids is 2. The Morgan fingerprint density at radius 3 is 2.81 bits per heavy atom. The van der Waals surface area contributed by atoms with Gasteiger partial charge in [-0.3, -0.25) is 9.59 Å². The monoisotopic (exact) mass is 348 g/mol. The van der Waals surface area contributed by atoms with E-state index in [4.69, 9.17) is 4.42 Å². The van der Waals surface area contributed by atoms with E-state index >= 15 is 0 Å². The molecule has 1 atom stereocenters. The third-order valence-electron chi connectivity index (χ3n) is 4.75. The molecule has 0 aliphatic carbocycles. The average Bonchev–Trinajstić information content (AvgIpc) is 3.03. The van der Waals surface area contributed by atoms with Gasteiger partial charge in [-0.25, -0.2) is 0 Å². The number of rotatable bonds is 3. The molecule has 0 bridgehead atoms. The summed E-state index contributed by atoms with van der Waals surface area (Å²) in [6.45, 7) is 2.86. The maximum Gasteiger partial charge on any atom is 0.254 e. The highest BCUT2D eigenvalue weighted by Gasteiger charge is 2.33. The number of benzene rings is 2. The van der Waals surface area contributed by atoms with Crippen molar-refractivity contribution in [2.45, 2.75) is 19.4 Å². The molecule has 5 nitrogen and oxygen atoms in total. The molecule has 4 rings (SSSR count). The van der Waals surface area contributed by atoms with Crippen LogP contribution in [-0.4, -0.2) is 35.8 Å². The van der Waals surface area contributed by atoms with Crippen LogP contribution in [0, 0.1) is 6.92 Å². The smallest absolute Gasteiger partial charge is 0.254 e. The highest BCUT2D eigenvalue weighted by Crippen LogP contribution is 2.22. The molecule has 2 aromatic carbocycles. The van der Waals surface area contributed by atoms with E-state index in [-0.39, 0.29) is 11.8 Å². The number of fused-ring (bicyclic) bond motifs is 1. The number of carbonyl (C=O) groups is 2. The molecule has 1 saturated heterocycles. The molecule has 132 valence electrons. The number of hydrogen-bond donors (Lipinski definition) is 1. The van der Waals surface area contributed by atoms with Crippen molar-refractivity contribution in [3.05, 3.63) is 71.5 Å². The zero-order valence-electron chi connectivity index (χ0n) is 14.6. The quantitative estimate of drug-likeness (QED) is 0.792. The summed E-state index contributed by atoms with van der Waals surface area (Å²) >= 11 is 0. The Kier molecular flexibility index (Phi) is 4.21. The number of nitrogens with zero attached hydrogens (tertiary/aromatic N) is 1. The number of furan rings is 1. The summed E-state index contributed by atoms with van der Waals surface area (Å²) in [7, 11) is 0. The minimum absolute atomic E-state index is 0.103. The largest absolute Gasteiger partial charge is 0.461 e. The van der Waals surface area contributed by atoms with E-state index in [1.807, 2.05) is 55.5 Å². The second-order valence-electron chi connectivity index (χ2n) is 6.60. The topological polar surface area (TPSA) is 62.6 Å². The first-order chi connectivity index (χ1) is 12.6. The van der Waals surface area contributed by atoms with Gasteiger partial charge in [0.25, 0.3) is 5.91 Å². The van der Waals surface area contributed by atoms with Gasteiger partial charge in [0.05, 0.1) is 0 Å². The van der Waals surface area contributed by atoms with E-state index in [1.54, 1.807) is 11.0 Å². The predicted octanol–water partition coefficient (Wildman–Crippen LogP) is 2.92. The Balaban J connectivity index is 1.63. The summed E-state index contributed by atoms with van der Waals surface area (Å²) in [5.74, 6) is 0.583. The van der Waals surface area contributed by atoms with E-state index in [0.29, 0.717) is 25.1 Å². The summed E-state index contributed by atoms with van der Waals surface area (Å²) in [5, 5.41) is 3.77. The molecular formula is C21H20N2O3. The molecule has 1 fully saturated rings. The maximum absolute atomic E-state index is 13.1. The van der Waals surface area contributed by atoms with Crippen LogP contribution >= 0.6 is 0 Å². The molecule has 1 aliphatic rings. The van der Waals surface area contributed by atoms with Gasteiger partial charge in [0.2, 0.25) is 5.91 Å². The molecule has 3 aromatic rings. The van der Waals surface area contributed by atoms with Crippen LogP contribution in [0.25, 0.3) is 11.0 Å². The number of hydrogen-bond acceptors (Lipinski definition) is 3. The SMILES string of the molecule is Cc1cc2cc(C(=O)N3CCNC(=O)C3Cc3ccccc3)ccc2o1. The highest BCUT2D eigenvalue weighted by atomic mass is 16.3. The lowest BCUT2D eigenvalue weighted by molar-refractivity contribution is -0.127. The Morgan fingerprint density at radius 1 is 1.19 bits per heavy atom. The second-order valence-corrected chi connectivity index (χ2v) is 6.60. The van der Waals surface area contributed by atoms with Crippen molar-refractivity contribution in [2.24, 2.45) is 0 Å². The van der Waals surface area contributed by atoms with Gasteiger partial charge in [0.15, 0.2) is 0 Å². The molecule has 2 heterocycles. The lowest BCUT2D eigenvalue weighted by Gasteiger charge is -2.35. The van der Waals surface area contributed by atoms with Crippen LogP contribution in [0.1, 0.15) is 21.7 Å². The van der Waals surface area contributed by atoms with Gasteiger partial charge >= 0.3 is 0 Å². The van der Waals surface area contributed by atoms with Gasteiger partial charge in [0, 0.05) is 30.5 Å². The zero-order chi connectivity index (χ0) is 18.1. The molecule has 1 N–H and O–H groups in total. The van der Waals surface area contributed by atoms with Crippen LogP contribution in [0.5, 0.6) is 0 Å². The fourth-order valence-electron chi connectivity index (χ4n) is 3.47. The standard InChI is InChI=1S/C21H20N2O3/c1-14-11-17-13-16(7-8-19(17)26-14)21(25)23-10-9-22-20(24)18(23)12-15-5-3-2-4-6-15/h2-8,11,13,18H,9-10,12H2,1H3,(H,22,24). The van der Waals surface area contributed by atoms with Crippen molar-refractivity contribution in [2.75, 3.05) is 13.1 Å². The average molecular weight is 348 g/mol. The molecule has 2 amide bonds. The first kappa shape index (κ1) is 16.4. The molecule has 1 aliphatic heterocycles. The molecule has 0 saturated carbocycles. The van der Waals surface area contributed by atoms with Gasteiger partial charge in [-0.15, -0.1) is 0 Å². The van der Waals surface area contributed by atoms with Gasteiger partial charge in [-0.05, 0) is 36.8 Å². The summed E-state index contributed by atoms with van der Waals surface area (Å²) in [6, 6.07) is 16.6. The number of nitrogens with one attached hydrogen (secondary N) is 1. The maximum atomic E-state index is 13.1. The van der Waals surface area contributed by atoms with E-state index < -0.39 is 6.04 Å². The minimum atomic E-state index is -0.500. The Bertz CT molecular complexity index is 962. The lowest BCUT2D eigenvalue weighted by atomic mass is 10.0. The predicted molar refractivity (Wildman–Crippen MR) is 98.9 cm³/mol. The molecule has 5 heteroatoms. The lowest BCUT2D eigenvalue weighted by Crippen LogP contribution is -2.58. The first-order valence-corrected chi connectivity index (χ1v) is 8.74. The van der Waals surface area contributed by atoms with Gasteiger partial charge in [0.1, 0.15) is 17.4 Å². The van der Waals surface area contributed by atoms with Gasteiger partial charge in [-0.1, -0.05) is 30.3 Å². The second kappa shape index (κ2) is 6.67. The summed E-state index contributed by atoms with van der Waals surface area (Å²) < 4.78 is 5.58. The van der Waals surface area contributed by atoms with Crippen molar-refractivity contribution in [1.29, 1.82) is 0 Å². The molecule has 0 radical (unpaired) electrons. The Labute approximate surface area is 151 Å². The minimum Gasteiger partial charge on any atom is -0.461 e. The van der Waals surface area contributed by atoms with Crippen LogP contribution in [0.15, 0.2) is 59.0 Å². The van der Waals surface area contributed by atoms with Crippen molar-refractivity contribution in [1.82, 2.24) is 10.2 Å². The highest BCUT2D eigenvalue weighted by molar-refractivity contribution is 6.00. The van der Waals surface area contributed by atoms with Crippen LogP contribution in [0.4, 0.5) is 0 Å². The summed E-state index contributed by atoms with van der Waals surface area (Å²) in [5.41, 5.74) is 2.37. The van der Waals surface area contributed by atoms with Crippen molar-refractivity contribution >= 4 is 22.8 Å².